The number of aromatic nitrogens is 1. The molecule has 0 aliphatic heterocycles. The van der Waals surface area contributed by atoms with Gasteiger partial charge in [-0.05, 0) is 31.2 Å². The maximum absolute atomic E-state index is 5.25. The smallest absolute Gasteiger partial charge is 0.140 e. The Bertz CT molecular complexity index is 269. The number of rotatable bonds is 1. The predicted octanol–water partition coefficient (Wildman–Crippen LogP) is 1.97. The van der Waals surface area contributed by atoms with E-state index in [2.05, 4.69) is 4.98 Å². The summed E-state index contributed by atoms with van der Waals surface area (Å²) in [6.07, 6.45) is 8.68. The van der Waals surface area contributed by atoms with Gasteiger partial charge in [0.15, 0.2) is 0 Å². The highest BCUT2D eigenvalue weighted by atomic mass is 16.5. The van der Waals surface area contributed by atoms with E-state index in [1.54, 1.807) is 7.11 Å². The molecule has 12 heavy (non-hydrogen) atoms. The molecule has 1 aromatic heterocycles. The fourth-order valence-corrected chi connectivity index (χ4v) is 1.80. The SMILES string of the molecule is COc1cncc2c1CCCC2. The molecule has 2 nitrogen and oxygen atoms in total. The molecule has 1 aliphatic rings. The number of nitrogens with zero attached hydrogens (tertiary/aromatic N) is 1. The van der Waals surface area contributed by atoms with E-state index in [0.29, 0.717) is 0 Å². The summed E-state index contributed by atoms with van der Waals surface area (Å²) in [5.74, 6) is 0.965. The molecule has 0 aromatic carbocycles. The van der Waals surface area contributed by atoms with Crippen molar-refractivity contribution in [3.05, 3.63) is 23.5 Å². The third-order valence-corrected chi connectivity index (χ3v) is 2.45. The zero-order chi connectivity index (χ0) is 8.39. The van der Waals surface area contributed by atoms with Crippen molar-refractivity contribution in [3.8, 4) is 5.75 Å². The lowest BCUT2D eigenvalue weighted by atomic mass is 9.93. The van der Waals surface area contributed by atoms with Crippen molar-refractivity contribution in [2.24, 2.45) is 0 Å². The standard InChI is InChI=1S/C10H13NO/c1-12-10-7-11-6-8-4-2-3-5-9(8)10/h6-7H,2-5H2,1H3. The number of aryl methyl sites for hydroxylation is 1. The molecule has 1 aromatic rings. The molecule has 0 radical (unpaired) electrons. The number of pyridine rings is 1. The molecule has 0 unspecified atom stereocenters. The lowest BCUT2D eigenvalue weighted by molar-refractivity contribution is 0.404. The molecule has 0 atom stereocenters. The van der Waals surface area contributed by atoms with Gasteiger partial charge in [0, 0.05) is 11.8 Å². The van der Waals surface area contributed by atoms with Crippen LogP contribution in [0.2, 0.25) is 0 Å². The monoisotopic (exact) mass is 163 g/mol. The van der Waals surface area contributed by atoms with Crippen LogP contribution in [0.15, 0.2) is 12.4 Å². The van der Waals surface area contributed by atoms with Gasteiger partial charge in [0.25, 0.3) is 0 Å². The summed E-state index contributed by atoms with van der Waals surface area (Å²) < 4.78 is 5.25. The Kier molecular flexibility index (Phi) is 1.98. The van der Waals surface area contributed by atoms with Crippen LogP contribution in [0.5, 0.6) is 5.75 Å². The molecule has 0 spiro atoms. The van der Waals surface area contributed by atoms with Gasteiger partial charge in [-0.3, -0.25) is 4.98 Å². The number of fused-ring (bicyclic) bond motifs is 1. The quantitative estimate of drug-likeness (QED) is 0.631. The molecule has 0 N–H and O–H groups in total. The molecule has 0 saturated heterocycles. The van der Waals surface area contributed by atoms with Crippen LogP contribution in [0.25, 0.3) is 0 Å². The lowest BCUT2D eigenvalue weighted by Gasteiger charge is -2.17. The summed E-state index contributed by atoms with van der Waals surface area (Å²) in [7, 11) is 1.71. The zero-order valence-electron chi connectivity index (χ0n) is 7.34. The van der Waals surface area contributed by atoms with Gasteiger partial charge in [0.05, 0.1) is 13.3 Å². The maximum Gasteiger partial charge on any atom is 0.140 e. The van der Waals surface area contributed by atoms with Crippen LogP contribution in [0.4, 0.5) is 0 Å². The van der Waals surface area contributed by atoms with Crippen LogP contribution >= 0.6 is 0 Å². The van der Waals surface area contributed by atoms with Crippen molar-refractivity contribution in [1.82, 2.24) is 4.98 Å². The molecule has 0 amide bonds. The van der Waals surface area contributed by atoms with Crippen molar-refractivity contribution in [3.63, 3.8) is 0 Å². The highest BCUT2D eigenvalue weighted by molar-refractivity contribution is 5.38. The molecule has 0 saturated carbocycles. The number of ether oxygens (including phenoxy) is 1. The average molecular weight is 163 g/mol. The average Bonchev–Trinajstić information content (AvgIpc) is 2.17. The van der Waals surface area contributed by atoms with Gasteiger partial charge in [-0.15, -0.1) is 0 Å². The topological polar surface area (TPSA) is 22.1 Å². The minimum atomic E-state index is 0.965. The molecular formula is C10H13NO. The van der Waals surface area contributed by atoms with Crippen molar-refractivity contribution in [1.29, 1.82) is 0 Å². The van der Waals surface area contributed by atoms with E-state index in [-0.39, 0.29) is 0 Å². The fraction of sp³-hybridized carbons (Fsp3) is 0.500. The third-order valence-electron chi connectivity index (χ3n) is 2.45. The third kappa shape index (κ3) is 1.17. The van der Waals surface area contributed by atoms with Gasteiger partial charge >= 0.3 is 0 Å². The van der Waals surface area contributed by atoms with E-state index in [0.717, 1.165) is 12.2 Å². The van der Waals surface area contributed by atoms with Crippen molar-refractivity contribution in [2.45, 2.75) is 25.7 Å². The van der Waals surface area contributed by atoms with E-state index in [1.165, 1.54) is 30.4 Å². The summed E-state index contributed by atoms with van der Waals surface area (Å²) in [4.78, 5) is 4.14. The van der Waals surface area contributed by atoms with E-state index >= 15 is 0 Å². The van der Waals surface area contributed by atoms with E-state index in [9.17, 15) is 0 Å². The predicted molar refractivity (Wildman–Crippen MR) is 47.4 cm³/mol. The normalized spacial score (nSPS) is 15.4. The van der Waals surface area contributed by atoms with Crippen molar-refractivity contribution < 1.29 is 4.74 Å². The van der Waals surface area contributed by atoms with Crippen LogP contribution in [-0.4, -0.2) is 12.1 Å². The Balaban J connectivity index is 2.44. The van der Waals surface area contributed by atoms with Crippen molar-refractivity contribution in [2.75, 3.05) is 7.11 Å². The minimum Gasteiger partial charge on any atom is -0.495 e. The second-order valence-electron chi connectivity index (χ2n) is 3.19. The molecule has 0 fully saturated rings. The molecule has 1 aliphatic carbocycles. The molecular weight excluding hydrogens is 150 g/mol. The van der Waals surface area contributed by atoms with E-state index in [1.807, 2.05) is 12.4 Å². The minimum absolute atomic E-state index is 0.965. The molecule has 2 rings (SSSR count). The summed E-state index contributed by atoms with van der Waals surface area (Å²) >= 11 is 0. The Labute approximate surface area is 72.6 Å². The molecule has 64 valence electrons. The number of hydrogen-bond donors (Lipinski definition) is 0. The van der Waals surface area contributed by atoms with Gasteiger partial charge in [-0.2, -0.15) is 0 Å². The first kappa shape index (κ1) is 7.59. The highest BCUT2D eigenvalue weighted by Gasteiger charge is 2.13. The van der Waals surface area contributed by atoms with E-state index in [4.69, 9.17) is 4.74 Å². The fourth-order valence-electron chi connectivity index (χ4n) is 1.80. The summed E-state index contributed by atoms with van der Waals surface area (Å²) in [6, 6.07) is 0. The highest BCUT2D eigenvalue weighted by Crippen LogP contribution is 2.27. The molecule has 2 heteroatoms. The molecule has 1 heterocycles. The Morgan fingerprint density at radius 3 is 2.92 bits per heavy atom. The Morgan fingerprint density at radius 2 is 2.08 bits per heavy atom. The van der Waals surface area contributed by atoms with Gasteiger partial charge < -0.3 is 4.74 Å². The van der Waals surface area contributed by atoms with Crippen LogP contribution < -0.4 is 4.74 Å². The number of methoxy groups -OCH3 is 1. The van der Waals surface area contributed by atoms with E-state index < -0.39 is 0 Å². The Morgan fingerprint density at radius 1 is 1.25 bits per heavy atom. The lowest BCUT2D eigenvalue weighted by Crippen LogP contribution is -2.05. The zero-order valence-corrected chi connectivity index (χ0v) is 7.34. The van der Waals surface area contributed by atoms with Crippen molar-refractivity contribution >= 4 is 0 Å². The van der Waals surface area contributed by atoms with Gasteiger partial charge in [-0.25, -0.2) is 0 Å². The maximum atomic E-state index is 5.25. The van der Waals surface area contributed by atoms with Crippen LogP contribution in [0.3, 0.4) is 0 Å². The first-order valence-electron chi connectivity index (χ1n) is 4.41. The second kappa shape index (κ2) is 3.13. The van der Waals surface area contributed by atoms with Gasteiger partial charge in [0.1, 0.15) is 5.75 Å². The number of hydrogen-bond acceptors (Lipinski definition) is 2. The van der Waals surface area contributed by atoms with Crippen LogP contribution in [-0.2, 0) is 12.8 Å². The van der Waals surface area contributed by atoms with Gasteiger partial charge in [-0.1, -0.05) is 0 Å². The second-order valence-corrected chi connectivity index (χ2v) is 3.19. The summed E-state index contributed by atoms with van der Waals surface area (Å²) in [5, 5.41) is 0. The van der Waals surface area contributed by atoms with Crippen LogP contribution in [0.1, 0.15) is 24.0 Å². The summed E-state index contributed by atoms with van der Waals surface area (Å²) in [6.45, 7) is 0. The summed E-state index contributed by atoms with van der Waals surface area (Å²) in [5.41, 5.74) is 2.75. The first-order chi connectivity index (χ1) is 5.92. The largest absolute Gasteiger partial charge is 0.495 e. The first-order valence-corrected chi connectivity index (χ1v) is 4.41. The van der Waals surface area contributed by atoms with Crippen LogP contribution in [0, 0.1) is 0 Å². The molecule has 0 bridgehead atoms. The van der Waals surface area contributed by atoms with Gasteiger partial charge in [0.2, 0.25) is 0 Å². The Hall–Kier alpha value is -1.05.